The van der Waals surface area contributed by atoms with Crippen LogP contribution in [0.25, 0.3) is 64.3 Å². The Labute approximate surface area is 661 Å². The zero-order chi connectivity index (χ0) is 81.9. The van der Waals surface area contributed by atoms with Crippen LogP contribution in [0.3, 0.4) is 0 Å². The lowest BCUT2D eigenvalue weighted by Gasteiger charge is -2.18. The van der Waals surface area contributed by atoms with Crippen molar-refractivity contribution in [3.05, 3.63) is 456 Å². The van der Waals surface area contributed by atoms with Crippen LogP contribution < -0.4 is 18.9 Å². The van der Waals surface area contributed by atoms with Crippen LogP contribution in [0.15, 0.2) is 389 Å². The topological polar surface area (TPSA) is 77.4 Å². The molecule has 0 saturated carbocycles. The van der Waals surface area contributed by atoms with E-state index in [1.54, 1.807) is 56.7 Å². The molecular weight excluding hydrogens is 1350 g/mol. The van der Waals surface area contributed by atoms with Crippen LogP contribution in [-0.2, 0) is 5.41 Å². The molecule has 0 amide bonds. The number of phenols is 2. The molecule has 568 valence electrons. The van der Waals surface area contributed by atoms with Gasteiger partial charge in [0.15, 0.2) is 0 Å². The monoisotopic (exact) mass is 1460 g/mol. The Morgan fingerprint density at radius 1 is 0.300 bits per heavy atom. The number of hydrogen-bond donors (Lipinski definition) is 2. The van der Waals surface area contributed by atoms with Gasteiger partial charge in [-0.05, 0) is 186 Å². The van der Waals surface area contributed by atoms with Crippen LogP contribution in [0.1, 0.15) is 122 Å². The summed E-state index contributed by atoms with van der Waals surface area (Å²) in [5.41, 5.74) is 19.6. The first kappa shape index (κ1) is 94.9. The molecule has 0 heterocycles. The van der Waals surface area contributed by atoms with Gasteiger partial charge in [-0.2, -0.15) is 0 Å². The number of ether oxygens (including phenoxy) is 4. The van der Waals surface area contributed by atoms with Gasteiger partial charge in [-0.3, -0.25) is 0 Å². The first-order chi connectivity index (χ1) is 52.7. The van der Waals surface area contributed by atoms with Crippen molar-refractivity contribution in [3.8, 4) is 34.5 Å². The first-order valence-electron chi connectivity index (χ1n) is 35.7. The zero-order valence-electron chi connectivity index (χ0n) is 66.8. The minimum atomic E-state index is 0.250. The molecule has 0 aliphatic rings. The summed E-state index contributed by atoms with van der Waals surface area (Å²) >= 11 is 0. The molecular formula is C104H116O6. The highest BCUT2D eigenvalue weighted by molar-refractivity contribution is 5.69. The SMILES string of the molecule is C=C(C)c1ccc(O)cc1.C=C(C)c1ccc(OC)cc1.C=C(C)c1cccc(C(=C)C)c1.C=C(C)c1ccccc1.C=CCOc1ccccc1.C=COc1ccccc1.C=Cc1ccc(C(C)(C)C)cc1.C=Cc1ccc(C=C)cc1.C=Cc1ccc(O)cc1.C=Cc1ccc(OC)cc1.C=Cc1ccccc1. The number of allylic oxidation sites excluding steroid dienone is 5. The largest absolute Gasteiger partial charge is 0.508 e. The summed E-state index contributed by atoms with van der Waals surface area (Å²) in [6.07, 6.45) is 14.0. The van der Waals surface area contributed by atoms with Crippen molar-refractivity contribution in [2.24, 2.45) is 0 Å². The highest BCUT2D eigenvalue weighted by atomic mass is 16.5. The van der Waals surface area contributed by atoms with E-state index in [-0.39, 0.29) is 5.41 Å². The predicted octanol–water partition coefficient (Wildman–Crippen LogP) is 29.4. The van der Waals surface area contributed by atoms with Crippen molar-refractivity contribution < 1.29 is 29.2 Å². The van der Waals surface area contributed by atoms with Crippen LogP contribution in [0.2, 0.25) is 0 Å². The van der Waals surface area contributed by atoms with Gasteiger partial charge < -0.3 is 29.2 Å². The van der Waals surface area contributed by atoms with Gasteiger partial charge in [0.2, 0.25) is 0 Å². The zero-order valence-corrected chi connectivity index (χ0v) is 66.8. The summed E-state index contributed by atoms with van der Waals surface area (Å²) in [5, 5.41) is 17.7. The van der Waals surface area contributed by atoms with Crippen LogP contribution in [0.5, 0.6) is 34.5 Å². The molecule has 0 bridgehead atoms. The number of rotatable bonds is 18. The van der Waals surface area contributed by atoms with Crippen LogP contribution in [0, 0.1) is 0 Å². The third kappa shape index (κ3) is 44.0. The molecule has 0 aromatic heterocycles. The molecule has 11 aromatic carbocycles. The highest BCUT2D eigenvalue weighted by Crippen LogP contribution is 2.24. The van der Waals surface area contributed by atoms with Crippen LogP contribution in [0.4, 0.5) is 0 Å². The summed E-state index contributed by atoms with van der Waals surface area (Å²) < 4.78 is 20.2. The van der Waals surface area contributed by atoms with Gasteiger partial charge >= 0.3 is 0 Å². The molecule has 0 fully saturated rings. The molecule has 2 N–H and O–H groups in total. The van der Waals surface area contributed by atoms with E-state index in [0.29, 0.717) is 18.1 Å². The third-order valence-electron chi connectivity index (χ3n) is 15.1. The second-order valence-corrected chi connectivity index (χ2v) is 25.2. The quantitative estimate of drug-likeness (QED) is 0.0658. The Bertz CT molecular complexity index is 4390. The van der Waals surface area contributed by atoms with Gasteiger partial charge in [0.25, 0.3) is 0 Å². The minimum Gasteiger partial charge on any atom is -0.508 e. The molecule has 6 heteroatoms. The fraction of sp³-hybridized carbons (Fsp3) is 0.115. The fourth-order valence-corrected chi connectivity index (χ4v) is 8.49. The third-order valence-corrected chi connectivity index (χ3v) is 15.1. The number of aromatic hydroxyl groups is 2. The van der Waals surface area contributed by atoms with Gasteiger partial charge in [0.05, 0.1) is 20.5 Å². The lowest BCUT2D eigenvalue weighted by molar-refractivity contribution is 0.363. The van der Waals surface area contributed by atoms with Gasteiger partial charge in [-0.15, -0.1) is 0 Å². The van der Waals surface area contributed by atoms with Crippen LogP contribution >= 0.6 is 0 Å². The maximum atomic E-state index is 8.91. The van der Waals surface area contributed by atoms with Gasteiger partial charge in [0.1, 0.15) is 41.1 Å². The molecule has 6 nitrogen and oxygen atoms in total. The summed E-state index contributed by atoms with van der Waals surface area (Å²) in [6.45, 7) is 65.3. The molecule has 0 radical (unpaired) electrons. The Balaban J connectivity index is 0.000000606. The van der Waals surface area contributed by atoms with Crippen LogP contribution in [-0.4, -0.2) is 31.0 Å². The van der Waals surface area contributed by atoms with Crippen molar-refractivity contribution in [2.45, 2.75) is 60.8 Å². The highest BCUT2D eigenvalue weighted by Gasteiger charge is 2.12. The second-order valence-electron chi connectivity index (χ2n) is 25.2. The predicted molar refractivity (Wildman–Crippen MR) is 487 cm³/mol. The van der Waals surface area contributed by atoms with Crippen molar-refractivity contribution in [1.29, 1.82) is 0 Å². The summed E-state index contributed by atoms with van der Waals surface area (Å²) in [4.78, 5) is 0. The lowest BCUT2D eigenvalue weighted by Crippen LogP contribution is -2.10. The average molecular weight is 1460 g/mol. The molecule has 11 rings (SSSR count). The van der Waals surface area contributed by atoms with E-state index in [9.17, 15) is 0 Å². The normalized spacial score (nSPS) is 9.22. The van der Waals surface area contributed by atoms with Gasteiger partial charge in [0, 0.05) is 0 Å². The summed E-state index contributed by atoms with van der Waals surface area (Å²) in [5.74, 6) is 4.07. The standard InChI is InChI=1S/C12H14.C12H16.C10H12O.C10H10.3C9H10O.C9H10.2C8H8O.C8H8/c1-9(2)11-6-5-7-12(8-11)10(3)4;1-5-10-6-8-11(9-7-10)12(2,3)4;1-8(2)9-4-6-10(11-3)7-5-9;1-3-9-5-7-10(4-2)8-6-9;1-7(2)8-3-5-9(10)6-4-8;1-3-8-4-6-9(10-2)7-5-8;1-2-8-10-9-6-4-3-5-7-9;1-8(2)9-6-4-3-5-7-9;1-2-7-3-5-8(9)6-4-7;1-2-9-8-6-4-3-5-7-8;1-2-8-6-4-3-5-7-8/h5-8H,1,3H2,2,4H3;5-9H,1H2,2-4H3;4-7H,1H2,2-3H3;3-8H,1-2H2;3-6,10H,1H2,2H3;3-7H,1H2,2H3;2-7H,1,8H2;3-7H,1H2,2H3;2-6,9H,1H2;2-7H,1H2;2-7H,1H2. The Morgan fingerprint density at radius 2 is 0.564 bits per heavy atom. The molecule has 11 aromatic rings. The van der Waals surface area contributed by atoms with E-state index in [2.05, 4.69) is 161 Å². The molecule has 0 unspecified atom stereocenters. The maximum Gasteiger partial charge on any atom is 0.126 e. The van der Waals surface area contributed by atoms with E-state index in [4.69, 9.17) is 29.2 Å². The Hall–Kier alpha value is -13.2. The molecule has 0 saturated heterocycles. The van der Waals surface area contributed by atoms with Crippen molar-refractivity contribution in [3.63, 3.8) is 0 Å². The lowest BCUT2D eigenvalue weighted by atomic mass is 9.87. The number of benzene rings is 11. The molecule has 0 atom stereocenters. The van der Waals surface area contributed by atoms with E-state index in [0.717, 1.165) is 84.2 Å². The molecule has 0 aliphatic heterocycles. The summed E-state index contributed by atoms with van der Waals surface area (Å²) in [6, 6.07) is 93.8. The van der Waals surface area contributed by atoms with Crippen molar-refractivity contribution in [1.82, 2.24) is 0 Å². The molecule has 0 aliphatic carbocycles. The first-order valence-corrected chi connectivity index (χ1v) is 35.7. The number of hydrogen-bond acceptors (Lipinski definition) is 6. The van der Waals surface area contributed by atoms with E-state index in [1.807, 2.05) is 271 Å². The smallest absolute Gasteiger partial charge is 0.126 e. The number of phenolic OH excluding ortho intramolecular Hbond substituents is 2. The number of para-hydroxylation sites is 2. The van der Waals surface area contributed by atoms with E-state index < -0.39 is 0 Å². The van der Waals surface area contributed by atoms with Crippen molar-refractivity contribution >= 4 is 64.3 Å². The Morgan fingerprint density at radius 3 is 0.864 bits per heavy atom. The van der Waals surface area contributed by atoms with E-state index in [1.165, 1.54) is 39.6 Å². The second kappa shape index (κ2) is 57.1. The molecule has 110 heavy (non-hydrogen) atoms. The van der Waals surface area contributed by atoms with E-state index >= 15 is 0 Å². The average Bonchev–Trinajstić information content (AvgIpc) is 0.848. The molecule has 0 spiro atoms. The maximum absolute atomic E-state index is 8.91. The van der Waals surface area contributed by atoms with Gasteiger partial charge in [-0.1, -0.05) is 389 Å². The summed E-state index contributed by atoms with van der Waals surface area (Å²) in [7, 11) is 3.32. The Kier molecular flexibility index (Phi) is 49.3. The fourth-order valence-electron chi connectivity index (χ4n) is 8.49. The van der Waals surface area contributed by atoms with Crippen molar-refractivity contribution in [2.75, 3.05) is 20.8 Å². The number of methoxy groups -OCH3 is 2. The van der Waals surface area contributed by atoms with Gasteiger partial charge in [-0.25, -0.2) is 0 Å². The minimum absolute atomic E-state index is 0.250.